The van der Waals surface area contributed by atoms with Gasteiger partial charge in [-0.05, 0) is 37.8 Å². The summed E-state index contributed by atoms with van der Waals surface area (Å²) in [6, 6.07) is 6.29. The number of nitrogens with one attached hydrogen (secondary N) is 1. The van der Waals surface area contributed by atoms with Crippen LogP contribution in [0, 0.1) is 0 Å². The number of likely N-dealkylation sites (N-methyl/N-ethyl adjacent to an activating group) is 1. The summed E-state index contributed by atoms with van der Waals surface area (Å²) in [7, 11) is 3.50. The van der Waals surface area contributed by atoms with Crippen molar-refractivity contribution in [3.05, 3.63) is 24.3 Å². The van der Waals surface area contributed by atoms with Crippen LogP contribution in [-0.4, -0.2) is 67.9 Å². The molecule has 8 heteroatoms. The van der Waals surface area contributed by atoms with Gasteiger partial charge in [-0.3, -0.25) is 4.90 Å². The average molecular weight is 383 g/mol. The summed E-state index contributed by atoms with van der Waals surface area (Å²) in [5.41, 5.74) is 0.241. The Bertz CT molecular complexity index is 646. The van der Waals surface area contributed by atoms with Gasteiger partial charge in [0.15, 0.2) is 0 Å². The zero-order valence-electron chi connectivity index (χ0n) is 15.7. The van der Waals surface area contributed by atoms with Crippen LogP contribution in [-0.2, 0) is 4.74 Å². The monoisotopic (exact) mass is 383 g/mol. The van der Waals surface area contributed by atoms with Crippen molar-refractivity contribution in [2.45, 2.75) is 50.5 Å². The summed E-state index contributed by atoms with van der Waals surface area (Å²) < 4.78 is 35.1. The van der Waals surface area contributed by atoms with Gasteiger partial charge in [0, 0.05) is 39.3 Å². The van der Waals surface area contributed by atoms with Gasteiger partial charge in [0.05, 0.1) is 11.8 Å². The number of rotatable bonds is 6. The van der Waals surface area contributed by atoms with Gasteiger partial charge in [-0.1, -0.05) is 12.1 Å². The Morgan fingerprint density at radius 3 is 2.78 bits per heavy atom. The Morgan fingerprint density at radius 1 is 1.30 bits per heavy atom. The SMILES string of the molecule is COC1CCN([C@@H]2CCC[C@@H]2N(C)C(=O)Nc2ccccc2OC(F)F)C1. The van der Waals surface area contributed by atoms with Crippen LogP contribution < -0.4 is 10.1 Å². The van der Waals surface area contributed by atoms with E-state index in [0.717, 1.165) is 38.8 Å². The zero-order chi connectivity index (χ0) is 19.4. The summed E-state index contributed by atoms with van der Waals surface area (Å²) in [5, 5.41) is 2.71. The van der Waals surface area contributed by atoms with Crippen molar-refractivity contribution in [2.24, 2.45) is 0 Å². The molecule has 1 saturated carbocycles. The Labute approximate surface area is 158 Å². The minimum atomic E-state index is -2.94. The highest BCUT2D eigenvalue weighted by molar-refractivity contribution is 5.91. The Kier molecular flexibility index (Phi) is 6.49. The van der Waals surface area contributed by atoms with Crippen LogP contribution in [0.2, 0.25) is 0 Å². The van der Waals surface area contributed by atoms with E-state index in [4.69, 9.17) is 4.74 Å². The number of nitrogens with zero attached hydrogens (tertiary/aromatic N) is 2. The number of amides is 2. The number of urea groups is 1. The molecule has 1 N–H and O–H groups in total. The quantitative estimate of drug-likeness (QED) is 0.818. The number of para-hydroxylation sites is 2. The molecule has 3 atom stereocenters. The van der Waals surface area contributed by atoms with Gasteiger partial charge in [0.2, 0.25) is 0 Å². The van der Waals surface area contributed by atoms with Crippen molar-refractivity contribution in [1.29, 1.82) is 0 Å². The summed E-state index contributed by atoms with van der Waals surface area (Å²) >= 11 is 0. The van der Waals surface area contributed by atoms with Gasteiger partial charge in [-0.25, -0.2) is 4.79 Å². The van der Waals surface area contributed by atoms with E-state index in [1.807, 2.05) is 0 Å². The molecule has 0 radical (unpaired) electrons. The van der Waals surface area contributed by atoms with E-state index in [1.165, 1.54) is 6.07 Å². The number of alkyl halides is 2. The second kappa shape index (κ2) is 8.84. The minimum Gasteiger partial charge on any atom is -0.433 e. The molecule has 1 aromatic carbocycles. The van der Waals surface area contributed by atoms with Gasteiger partial charge in [-0.15, -0.1) is 0 Å². The third-order valence-electron chi connectivity index (χ3n) is 5.59. The first-order valence-electron chi connectivity index (χ1n) is 9.34. The fourth-order valence-electron chi connectivity index (χ4n) is 4.17. The molecule has 1 aromatic rings. The highest BCUT2D eigenvalue weighted by atomic mass is 19.3. The summed E-state index contributed by atoms with van der Waals surface area (Å²) in [6.07, 6.45) is 4.30. The van der Waals surface area contributed by atoms with Crippen LogP contribution in [0.3, 0.4) is 0 Å². The first kappa shape index (κ1) is 19.8. The lowest BCUT2D eigenvalue weighted by molar-refractivity contribution is -0.0493. The lowest BCUT2D eigenvalue weighted by Gasteiger charge is -2.35. The highest BCUT2D eigenvalue weighted by Crippen LogP contribution is 2.32. The summed E-state index contributed by atoms with van der Waals surface area (Å²) in [4.78, 5) is 16.8. The molecule has 2 amide bonds. The third-order valence-corrected chi connectivity index (χ3v) is 5.59. The largest absolute Gasteiger partial charge is 0.433 e. The summed E-state index contributed by atoms with van der Waals surface area (Å²) in [5.74, 6) is -0.0419. The third kappa shape index (κ3) is 4.68. The predicted molar refractivity (Wildman–Crippen MR) is 98.3 cm³/mol. The van der Waals surface area contributed by atoms with E-state index in [2.05, 4.69) is 15.0 Å². The standard InChI is InChI=1S/C19H27F2N3O3/c1-23(15-7-5-8-16(15)24-11-10-13(12-24)26-2)19(25)22-14-6-3-4-9-17(14)27-18(20)21/h3-4,6,9,13,15-16,18H,5,7-8,10-12H2,1-2H3,(H,22,25)/t13?,15-,16+/m0/s1. The molecule has 6 nitrogen and oxygen atoms in total. The van der Waals surface area contributed by atoms with Gasteiger partial charge in [0.25, 0.3) is 0 Å². The number of anilines is 1. The fraction of sp³-hybridized carbons (Fsp3) is 0.632. The molecule has 2 aliphatic rings. The van der Waals surface area contributed by atoms with Crippen molar-refractivity contribution in [3.63, 3.8) is 0 Å². The second-order valence-electron chi connectivity index (χ2n) is 7.12. The number of halogens is 2. The maximum absolute atomic E-state index is 12.7. The van der Waals surface area contributed by atoms with Gasteiger partial charge in [-0.2, -0.15) is 8.78 Å². The van der Waals surface area contributed by atoms with Gasteiger partial charge < -0.3 is 19.7 Å². The lowest BCUT2D eigenvalue weighted by atomic mass is 10.1. The van der Waals surface area contributed by atoms with Crippen LogP contribution in [0.4, 0.5) is 19.3 Å². The summed E-state index contributed by atoms with van der Waals surface area (Å²) in [6.45, 7) is -1.08. The Morgan fingerprint density at radius 2 is 2.07 bits per heavy atom. The first-order chi connectivity index (χ1) is 13.0. The number of ether oxygens (including phenoxy) is 2. The average Bonchev–Trinajstić information content (AvgIpc) is 3.31. The molecule has 2 fully saturated rings. The molecule has 1 unspecified atom stereocenters. The van der Waals surface area contributed by atoms with Crippen LogP contribution >= 0.6 is 0 Å². The second-order valence-corrected chi connectivity index (χ2v) is 7.12. The molecule has 1 aliphatic heterocycles. The van der Waals surface area contributed by atoms with Crippen LogP contribution in [0.5, 0.6) is 5.75 Å². The number of carbonyl (C=O) groups excluding carboxylic acids is 1. The van der Waals surface area contributed by atoms with Crippen molar-refractivity contribution in [1.82, 2.24) is 9.80 Å². The smallest absolute Gasteiger partial charge is 0.387 e. The Balaban J connectivity index is 1.65. The molecule has 27 heavy (non-hydrogen) atoms. The molecular formula is C19H27F2N3O3. The molecule has 0 aromatic heterocycles. The topological polar surface area (TPSA) is 54.0 Å². The number of likely N-dealkylation sites (tertiary alicyclic amines) is 1. The van der Waals surface area contributed by atoms with E-state index < -0.39 is 6.61 Å². The maximum Gasteiger partial charge on any atom is 0.387 e. The predicted octanol–water partition coefficient (Wildman–Crippen LogP) is 3.39. The first-order valence-corrected chi connectivity index (χ1v) is 9.34. The molecule has 0 bridgehead atoms. The van der Waals surface area contributed by atoms with Gasteiger partial charge >= 0.3 is 12.6 Å². The van der Waals surface area contributed by atoms with Crippen molar-refractivity contribution >= 4 is 11.7 Å². The number of hydrogen-bond acceptors (Lipinski definition) is 4. The number of hydrogen-bond donors (Lipinski definition) is 1. The fourth-order valence-corrected chi connectivity index (χ4v) is 4.17. The van der Waals surface area contributed by atoms with Crippen molar-refractivity contribution < 1.29 is 23.0 Å². The molecule has 1 heterocycles. The highest BCUT2D eigenvalue weighted by Gasteiger charge is 2.39. The zero-order valence-corrected chi connectivity index (χ0v) is 15.7. The van der Waals surface area contributed by atoms with E-state index in [0.29, 0.717) is 6.04 Å². The van der Waals surface area contributed by atoms with Crippen LogP contribution in [0.1, 0.15) is 25.7 Å². The van der Waals surface area contributed by atoms with E-state index >= 15 is 0 Å². The molecule has 3 rings (SSSR count). The van der Waals surface area contributed by atoms with Crippen molar-refractivity contribution in [2.75, 3.05) is 32.6 Å². The maximum atomic E-state index is 12.7. The molecule has 1 saturated heterocycles. The minimum absolute atomic E-state index is 0.0419. The number of benzene rings is 1. The Hall–Kier alpha value is -1.93. The van der Waals surface area contributed by atoms with E-state index in [1.54, 1.807) is 37.3 Å². The molecule has 1 aliphatic carbocycles. The van der Waals surface area contributed by atoms with E-state index in [9.17, 15) is 13.6 Å². The molecule has 150 valence electrons. The molecular weight excluding hydrogens is 356 g/mol. The normalized spacial score (nSPS) is 25.7. The number of carbonyl (C=O) groups is 1. The van der Waals surface area contributed by atoms with E-state index in [-0.39, 0.29) is 29.6 Å². The van der Waals surface area contributed by atoms with Crippen molar-refractivity contribution in [3.8, 4) is 5.75 Å². The lowest BCUT2D eigenvalue weighted by Crippen LogP contribution is -2.50. The number of methoxy groups -OCH3 is 1. The molecule has 0 spiro atoms. The van der Waals surface area contributed by atoms with Crippen LogP contribution in [0.25, 0.3) is 0 Å². The van der Waals surface area contributed by atoms with Gasteiger partial charge in [0.1, 0.15) is 5.75 Å². The van der Waals surface area contributed by atoms with Crippen LogP contribution in [0.15, 0.2) is 24.3 Å².